The van der Waals surface area contributed by atoms with Gasteiger partial charge in [0.2, 0.25) is 5.88 Å². The Morgan fingerprint density at radius 1 is 1.00 bits per heavy atom. The van der Waals surface area contributed by atoms with E-state index in [-0.39, 0.29) is 82.7 Å². The van der Waals surface area contributed by atoms with E-state index in [2.05, 4.69) is 14.9 Å². The number of piperidine rings is 1. The molecule has 1 aliphatic carbocycles. The molecule has 3 saturated heterocycles. The molecule has 4 aliphatic rings. The van der Waals surface area contributed by atoms with Crippen LogP contribution in [-0.4, -0.2) is 120 Å². The summed E-state index contributed by atoms with van der Waals surface area (Å²) in [5.74, 6) is -0.921. The highest BCUT2D eigenvalue weighted by atomic mass is 19.1. The van der Waals surface area contributed by atoms with Crippen molar-refractivity contribution >= 4 is 27.5 Å². The highest BCUT2D eigenvalue weighted by molar-refractivity contribution is 6.02. The van der Waals surface area contributed by atoms with Crippen molar-refractivity contribution < 1.29 is 43.0 Å². The van der Waals surface area contributed by atoms with Crippen LogP contribution in [0.5, 0.6) is 17.6 Å². The molecular weight excluding hydrogens is 712 g/mol. The number of aromatic hydroxyl groups is 1. The fourth-order valence-corrected chi connectivity index (χ4v) is 9.19. The van der Waals surface area contributed by atoms with E-state index >= 15 is 8.78 Å². The van der Waals surface area contributed by atoms with E-state index in [0.717, 1.165) is 71.2 Å². The van der Waals surface area contributed by atoms with Crippen molar-refractivity contribution in [1.82, 2.24) is 19.9 Å². The van der Waals surface area contributed by atoms with Crippen molar-refractivity contribution in [1.29, 1.82) is 0 Å². The van der Waals surface area contributed by atoms with Crippen molar-refractivity contribution in [2.24, 2.45) is 11.3 Å². The molecule has 8 rings (SSSR count). The molecule has 14 heteroatoms. The molecule has 3 aliphatic heterocycles. The lowest BCUT2D eigenvalue weighted by Crippen LogP contribution is -2.53. The number of fused-ring (bicyclic) bond motifs is 3. The van der Waals surface area contributed by atoms with Gasteiger partial charge in [0.05, 0.1) is 39.1 Å². The Bertz CT molecular complexity index is 1970. The molecule has 0 spiro atoms. The molecule has 12 nitrogen and oxygen atoms in total. The first-order valence-corrected chi connectivity index (χ1v) is 19.7. The van der Waals surface area contributed by atoms with Gasteiger partial charge in [-0.1, -0.05) is 32.4 Å². The van der Waals surface area contributed by atoms with Gasteiger partial charge >= 0.3 is 6.01 Å². The van der Waals surface area contributed by atoms with Crippen LogP contribution in [0.15, 0.2) is 30.3 Å². The molecule has 4 fully saturated rings. The molecule has 0 amide bonds. The molecule has 1 saturated carbocycles. The van der Waals surface area contributed by atoms with Gasteiger partial charge in [-0.15, -0.1) is 0 Å². The Hall–Kier alpha value is -3.95. The average Bonchev–Trinajstić information content (AvgIpc) is 3.55. The summed E-state index contributed by atoms with van der Waals surface area (Å²) in [6.07, 6.45) is 5.78. The maximum atomic E-state index is 17.2. The van der Waals surface area contributed by atoms with Gasteiger partial charge in [0, 0.05) is 55.3 Å². The lowest BCUT2D eigenvalue weighted by molar-refractivity contribution is -0.0203. The zero-order chi connectivity index (χ0) is 38.7. The summed E-state index contributed by atoms with van der Waals surface area (Å²) in [5.41, 5.74) is -0.537. The van der Waals surface area contributed by atoms with Crippen molar-refractivity contribution in [2.45, 2.75) is 77.0 Å². The predicted octanol–water partition coefficient (Wildman–Crippen LogP) is 5.86. The molecule has 55 heavy (non-hydrogen) atoms. The molecule has 3 unspecified atom stereocenters. The molecule has 2 aromatic carbocycles. The smallest absolute Gasteiger partial charge is 0.319 e. The fourth-order valence-electron chi connectivity index (χ4n) is 9.19. The highest BCUT2D eigenvalue weighted by Gasteiger charge is 2.49. The number of nitrogens with zero attached hydrogens (tertiary/aromatic N) is 5. The quantitative estimate of drug-likeness (QED) is 0.188. The number of β-amino-alcohol motifs (C(OH)–C–C–N with tert-alkyl or cyclic N) is 1. The summed E-state index contributed by atoms with van der Waals surface area (Å²) >= 11 is 0. The van der Waals surface area contributed by atoms with Crippen LogP contribution in [0, 0.1) is 23.0 Å². The van der Waals surface area contributed by atoms with Gasteiger partial charge in [-0.05, 0) is 74.6 Å². The van der Waals surface area contributed by atoms with Crippen LogP contribution >= 0.6 is 0 Å². The Balaban J connectivity index is 0.00000229. The topological polar surface area (TPSA) is 143 Å². The number of aromatic nitrogens is 3. The summed E-state index contributed by atoms with van der Waals surface area (Å²) in [4.78, 5) is 18.4. The zero-order valence-electron chi connectivity index (χ0n) is 32.0. The zero-order valence-corrected chi connectivity index (χ0v) is 32.0. The number of rotatable bonds is 9. The molecule has 4 aromatic rings. The molecule has 2 aromatic heterocycles. The minimum Gasteiger partial charge on any atom is -0.508 e. The van der Waals surface area contributed by atoms with Crippen molar-refractivity contribution in [2.75, 3.05) is 71.2 Å². The van der Waals surface area contributed by atoms with E-state index in [4.69, 9.17) is 23.9 Å². The van der Waals surface area contributed by atoms with Gasteiger partial charge in [-0.3, -0.25) is 4.90 Å². The van der Waals surface area contributed by atoms with Gasteiger partial charge in [-0.25, -0.2) is 13.8 Å². The van der Waals surface area contributed by atoms with Crippen LogP contribution in [0.4, 0.5) is 14.6 Å². The maximum absolute atomic E-state index is 17.2. The van der Waals surface area contributed by atoms with E-state index in [1.54, 1.807) is 11.0 Å². The third kappa shape index (κ3) is 7.89. The largest absolute Gasteiger partial charge is 0.508 e. The first-order chi connectivity index (χ1) is 26.8. The van der Waals surface area contributed by atoms with Crippen molar-refractivity contribution in [3.63, 3.8) is 0 Å². The van der Waals surface area contributed by atoms with E-state index in [1.807, 2.05) is 13.8 Å². The number of ether oxygens (including phenoxy) is 4. The van der Waals surface area contributed by atoms with Gasteiger partial charge in [0.15, 0.2) is 5.82 Å². The summed E-state index contributed by atoms with van der Waals surface area (Å²) in [6.45, 7) is 7.93. The third-order valence-electron chi connectivity index (χ3n) is 11.7. The molecule has 4 atom stereocenters. The highest BCUT2D eigenvalue weighted by Crippen LogP contribution is 2.49. The maximum Gasteiger partial charge on any atom is 0.319 e. The summed E-state index contributed by atoms with van der Waals surface area (Å²) < 4.78 is 56.2. The first-order valence-electron chi connectivity index (χ1n) is 19.7. The minimum absolute atomic E-state index is 0.00752. The van der Waals surface area contributed by atoms with Crippen LogP contribution in [-0.2, 0) is 9.47 Å². The van der Waals surface area contributed by atoms with Gasteiger partial charge in [0.25, 0.3) is 0 Å². The number of anilines is 1. The number of aliphatic hydroxyl groups excluding tert-OH is 2. The standard InChI is InChI=1S/C39H47F2N5O7.C2H6/c1-50-37-32-35(33(41)34(42-37)28-16-25(48)15-24-5-2-6-29(40)31(24)28)43-38(44-36(32)46-18-26(49)21-52-27(19-46)20-47)53-22-39-10-3-7-30(39)45(12-4-11-39)17-23-8-13-51-14-9-23;1-2/h2,5-6,15-16,23,26-27,30,47-49H,3-4,7-14,17-22H2,1H3;1-2H3/t26?,27-,30?,39?;/m1./s1. The lowest BCUT2D eigenvalue weighted by Gasteiger charge is -2.47. The number of likely N-dealkylation sites (tertiary alicyclic amines) is 1. The molecule has 298 valence electrons. The summed E-state index contributed by atoms with van der Waals surface area (Å²) in [7, 11) is 1.38. The Morgan fingerprint density at radius 3 is 2.58 bits per heavy atom. The first kappa shape index (κ1) is 39.3. The number of methoxy groups -OCH3 is 1. The van der Waals surface area contributed by atoms with Gasteiger partial charge in [-0.2, -0.15) is 9.97 Å². The second-order valence-corrected chi connectivity index (χ2v) is 15.1. The average molecular weight is 766 g/mol. The Kier molecular flexibility index (Phi) is 12.2. The summed E-state index contributed by atoms with van der Waals surface area (Å²) in [6, 6.07) is 7.37. The number of benzene rings is 2. The predicted molar refractivity (Wildman–Crippen MR) is 205 cm³/mol. The van der Waals surface area contributed by atoms with Crippen molar-refractivity contribution in [3.05, 3.63) is 42.0 Å². The van der Waals surface area contributed by atoms with Crippen LogP contribution in [0.1, 0.15) is 58.8 Å². The number of halogens is 2. The fraction of sp³-hybridized carbons (Fsp3) is 0.585. The van der Waals surface area contributed by atoms with E-state index < -0.39 is 23.8 Å². The molecule has 3 N–H and O–H groups in total. The normalized spacial score (nSPS) is 25.0. The van der Waals surface area contributed by atoms with E-state index in [1.165, 1.54) is 31.4 Å². The Labute approximate surface area is 320 Å². The van der Waals surface area contributed by atoms with Crippen molar-refractivity contribution in [3.8, 4) is 28.9 Å². The number of pyridine rings is 1. The molecule has 0 radical (unpaired) electrons. The molecule has 5 heterocycles. The van der Waals surface area contributed by atoms with E-state index in [9.17, 15) is 15.3 Å². The third-order valence-corrected chi connectivity index (χ3v) is 11.7. The lowest BCUT2D eigenvalue weighted by atomic mass is 9.75. The number of phenols is 1. The number of aliphatic hydroxyl groups is 2. The number of hydrogen-bond donors (Lipinski definition) is 3. The van der Waals surface area contributed by atoms with Crippen LogP contribution in [0.25, 0.3) is 32.9 Å². The molecule has 0 bridgehead atoms. The number of phenolic OH excluding ortho intramolecular Hbond substituents is 1. The van der Waals surface area contributed by atoms with E-state index in [0.29, 0.717) is 24.0 Å². The van der Waals surface area contributed by atoms with Gasteiger partial charge < -0.3 is 39.2 Å². The van der Waals surface area contributed by atoms with Crippen LogP contribution in [0.2, 0.25) is 0 Å². The minimum atomic E-state index is -0.937. The summed E-state index contributed by atoms with van der Waals surface area (Å²) in [5, 5.41) is 32.0. The number of hydrogen-bond acceptors (Lipinski definition) is 12. The van der Waals surface area contributed by atoms with Crippen LogP contribution < -0.4 is 14.4 Å². The van der Waals surface area contributed by atoms with Gasteiger partial charge in [0.1, 0.15) is 34.0 Å². The SMILES string of the molecule is CC.COc1nc(-c2cc(O)cc3cccc(F)c23)c(F)c2nc(OCC34CCCC3N(CC3CCOCC3)CCC4)nc(N3CC(O)CO[C@@H](CO)C3)c12. The molecular formula is C41H53F2N5O7. The monoisotopic (exact) mass is 765 g/mol. The Morgan fingerprint density at radius 2 is 1.80 bits per heavy atom. The van der Waals surface area contributed by atoms with Crippen LogP contribution in [0.3, 0.4) is 0 Å². The second kappa shape index (κ2) is 17.0. The second-order valence-electron chi connectivity index (χ2n) is 15.1.